The summed E-state index contributed by atoms with van der Waals surface area (Å²) in [7, 11) is 0. The maximum Gasteiger partial charge on any atom is 0.417 e. The first-order chi connectivity index (χ1) is 12.6. The second-order valence-corrected chi connectivity index (χ2v) is 6.11. The standard InChI is InChI=1S/C15H8F3N3O5S/c16-15(17,18)7-1-2-19-13(24)11(7)14-20-8(5-27-14)6-3-9(21(25)26)12(23)10(22)4-6/h1-5,22-23H,(H,19,24). The minimum Gasteiger partial charge on any atom is -0.504 e. The summed E-state index contributed by atoms with van der Waals surface area (Å²) in [5.41, 5.74) is -3.67. The Balaban J connectivity index is 2.16. The highest BCUT2D eigenvalue weighted by atomic mass is 32.1. The molecule has 0 aliphatic carbocycles. The summed E-state index contributed by atoms with van der Waals surface area (Å²) in [6.07, 6.45) is -3.92. The normalized spacial score (nSPS) is 11.5. The van der Waals surface area contributed by atoms with Crippen molar-refractivity contribution >= 4 is 17.0 Å². The summed E-state index contributed by atoms with van der Waals surface area (Å²) in [6, 6.07) is 2.59. The fraction of sp³-hybridized carbons (Fsp3) is 0.0667. The average molecular weight is 399 g/mol. The molecule has 3 rings (SSSR count). The number of phenols is 2. The van der Waals surface area contributed by atoms with E-state index < -0.39 is 45.0 Å². The Labute approximate surface area is 151 Å². The highest BCUT2D eigenvalue weighted by Gasteiger charge is 2.36. The lowest BCUT2D eigenvalue weighted by atomic mass is 10.1. The fourth-order valence-corrected chi connectivity index (χ4v) is 3.22. The molecular weight excluding hydrogens is 391 g/mol. The predicted molar refractivity (Wildman–Crippen MR) is 88.6 cm³/mol. The molecule has 0 atom stereocenters. The topological polar surface area (TPSA) is 129 Å². The number of nitrogens with one attached hydrogen (secondary N) is 1. The molecule has 140 valence electrons. The number of aromatic amines is 1. The Hall–Kier alpha value is -3.41. The first kappa shape index (κ1) is 18.4. The van der Waals surface area contributed by atoms with Gasteiger partial charge in [-0.2, -0.15) is 13.2 Å². The molecule has 0 spiro atoms. The number of aromatic nitrogens is 2. The first-order valence-electron chi connectivity index (χ1n) is 7.05. The van der Waals surface area contributed by atoms with E-state index in [0.29, 0.717) is 6.07 Å². The SMILES string of the molecule is O=c1[nH]ccc(C(F)(F)F)c1-c1nc(-c2cc(O)c(O)c([N+](=O)[O-])c2)cs1. The van der Waals surface area contributed by atoms with E-state index in [1.165, 1.54) is 5.38 Å². The van der Waals surface area contributed by atoms with E-state index in [2.05, 4.69) is 9.97 Å². The third kappa shape index (κ3) is 3.33. The van der Waals surface area contributed by atoms with Crippen LogP contribution in [-0.4, -0.2) is 25.1 Å². The minimum atomic E-state index is -4.79. The zero-order valence-corrected chi connectivity index (χ0v) is 13.8. The van der Waals surface area contributed by atoms with Crippen LogP contribution in [0.5, 0.6) is 11.5 Å². The molecule has 0 radical (unpaired) electrons. The summed E-state index contributed by atoms with van der Waals surface area (Å²) >= 11 is 0.721. The van der Waals surface area contributed by atoms with Crippen molar-refractivity contribution in [2.24, 2.45) is 0 Å². The second kappa shape index (κ2) is 6.39. The third-order valence-electron chi connectivity index (χ3n) is 3.55. The lowest BCUT2D eigenvalue weighted by molar-refractivity contribution is -0.385. The van der Waals surface area contributed by atoms with Gasteiger partial charge >= 0.3 is 11.9 Å². The maximum absolute atomic E-state index is 13.2. The minimum absolute atomic E-state index is 0.00947. The van der Waals surface area contributed by atoms with Gasteiger partial charge in [0.25, 0.3) is 5.56 Å². The monoisotopic (exact) mass is 399 g/mol. The molecule has 12 heteroatoms. The summed E-state index contributed by atoms with van der Waals surface area (Å²) in [5.74, 6) is -1.74. The van der Waals surface area contributed by atoms with Gasteiger partial charge in [-0.3, -0.25) is 14.9 Å². The van der Waals surface area contributed by atoms with E-state index in [-0.39, 0.29) is 16.3 Å². The zero-order chi connectivity index (χ0) is 19.9. The van der Waals surface area contributed by atoms with Crippen molar-refractivity contribution in [2.45, 2.75) is 6.18 Å². The van der Waals surface area contributed by atoms with Crippen molar-refractivity contribution in [2.75, 3.05) is 0 Å². The van der Waals surface area contributed by atoms with Gasteiger partial charge in [-0.25, -0.2) is 4.98 Å². The van der Waals surface area contributed by atoms with Gasteiger partial charge in [0.1, 0.15) is 5.01 Å². The lowest BCUT2D eigenvalue weighted by Gasteiger charge is -2.09. The molecule has 0 bridgehead atoms. The highest BCUT2D eigenvalue weighted by molar-refractivity contribution is 7.13. The second-order valence-electron chi connectivity index (χ2n) is 5.25. The van der Waals surface area contributed by atoms with Gasteiger partial charge in [-0.05, 0) is 12.1 Å². The van der Waals surface area contributed by atoms with Crippen LogP contribution in [0.15, 0.2) is 34.6 Å². The van der Waals surface area contributed by atoms with E-state index >= 15 is 0 Å². The van der Waals surface area contributed by atoms with Crippen molar-refractivity contribution in [1.29, 1.82) is 0 Å². The quantitative estimate of drug-likeness (QED) is 0.351. The van der Waals surface area contributed by atoms with Crippen LogP contribution in [-0.2, 0) is 6.18 Å². The number of nitro groups is 1. The van der Waals surface area contributed by atoms with Crippen LogP contribution in [0.2, 0.25) is 0 Å². The van der Waals surface area contributed by atoms with Crippen LogP contribution < -0.4 is 5.56 Å². The Kier molecular flexibility index (Phi) is 4.35. The molecule has 0 fully saturated rings. The van der Waals surface area contributed by atoms with Crippen LogP contribution in [0.25, 0.3) is 21.8 Å². The highest BCUT2D eigenvalue weighted by Crippen LogP contribution is 2.41. The molecular formula is C15H8F3N3O5S. The number of nitro benzene ring substituents is 1. The molecule has 0 saturated heterocycles. The Morgan fingerprint density at radius 2 is 1.96 bits per heavy atom. The van der Waals surface area contributed by atoms with Crippen molar-refractivity contribution in [3.8, 4) is 33.3 Å². The van der Waals surface area contributed by atoms with E-state index in [9.17, 15) is 38.3 Å². The number of hydrogen-bond acceptors (Lipinski definition) is 7. The van der Waals surface area contributed by atoms with Crippen molar-refractivity contribution in [3.63, 3.8) is 0 Å². The van der Waals surface area contributed by atoms with Gasteiger partial charge in [0.05, 0.1) is 21.7 Å². The van der Waals surface area contributed by atoms with Gasteiger partial charge in [-0.1, -0.05) is 0 Å². The smallest absolute Gasteiger partial charge is 0.417 e. The number of alkyl halides is 3. The molecule has 3 N–H and O–H groups in total. The van der Waals surface area contributed by atoms with Crippen LogP contribution in [0.3, 0.4) is 0 Å². The largest absolute Gasteiger partial charge is 0.504 e. The van der Waals surface area contributed by atoms with Gasteiger partial charge in [-0.15, -0.1) is 11.3 Å². The molecule has 2 heterocycles. The maximum atomic E-state index is 13.2. The van der Waals surface area contributed by atoms with Crippen LogP contribution >= 0.6 is 11.3 Å². The summed E-state index contributed by atoms with van der Waals surface area (Å²) < 4.78 is 39.5. The van der Waals surface area contributed by atoms with Crippen LogP contribution in [0.1, 0.15) is 5.56 Å². The van der Waals surface area contributed by atoms with E-state index in [4.69, 9.17) is 0 Å². The van der Waals surface area contributed by atoms with Gasteiger partial charge < -0.3 is 15.2 Å². The fourth-order valence-electron chi connectivity index (χ4n) is 2.34. The molecule has 3 aromatic rings. The van der Waals surface area contributed by atoms with Gasteiger partial charge in [0.2, 0.25) is 5.75 Å². The number of nitrogens with zero attached hydrogens (tertiary/aromatic N) is 2. The first-order valence-corrected chi connectivity index (χ1v) is 7.93. The van der Waals surface area contributed by atoms with E-state index in [1.54, 1.807) is 0 Å². The number of H-pyrrole nitrogens is 1. The molecule has 0 unspecified atom stereocenters. The number of halogens is 3. The number of aromatic hydroxyl groups is 2. The Morgan fingerprint density at radius 1 is 1.26 bits per heavy atom. The lowest BCUT2D eigenvalue weighted by Crippen LogP contribution is -2.17. The number of hydrogen-bond donors (Lipinski definition) is 3. The predicted octanol–water partition coefficient (Wildman–Crippen LogP) is 3.50. The van der Waals surface area contributed by atoms with Crippen LogP contribution in [0.4, 0.5) is 18.9 Å². The van der Waals surface area contributed by atoms with Crippen LogP contribution in [0, 0.1) is 10.1 Å². The molecule has 0 aliphatic rings. The molecule has 2 aromatic heterocycles. The summed E-state index contributed by atoms with van der Waals surface area (Å²) in [6.45, 7) is 0. The number of rotatable bonds is 3. The zero-order valence-electron chi connectivity index (χ0n) is 12.9. The number of phenolic OH excluding ortho intramolecular Hbond substituents is 2. The Morgan fingerprint density at radius 3 is 2.59 bits per heavy atom. The molecule has 0 saturated carbocycles. The molecule has 8 nitrogen and oxygen atoms in total. The molecule has 1 aromatic carbocycles. The van der Waals surface area contributed by atoms with E-state index in [1.807, 2.05) is 0 Å². The third-order valence-corrected chi connectivity index (χ3v) is 4.41. The number of pyridine rings is 1. The van der Waals surface area contributed by atoms with Gasteiger partial charge in [0.15, 0.2) is 5.75 Å². The number of benzene rings is 1. The number of thiazole rings is 1. The summed E-state index contributed by atoms with van der Waals surface area (Å²) in [5, 5.41) is 31.1. The summed E-state index contributed by atoms with van der Waals surface area (Å²) in [4.78, 5) is 28.0. The molecule has 27 heavy (non-hydrogen) atoms. The molecule has 0 amide bonds. The van der Waals surface area contributed by atoms with Gasteiger partial charge in [0, 0.05) is 23.2 Å². The van der Waals surface area contributed by atoms with E-state index in [0.717, 1.165) is 29.7 Å². The van der Waals surface area contributed by atoms with Crippen molar-refractivity contribution in [1.82, 2.24) is 9.97 Å². The molecule has 0 aliphatic heterocycles. The Bertz CT molecular complexity index is 1110. The van der Waals surface area contributed by atoms with Crippen molar-refractivity contribution < 1.29 is 28.3 Å². The van der Waals surface area contributed by atoms with Crippen molar-refractivity contribution in [3.05, 3.63) is 55.8 Å². The average Bonchev–Trinajstić information content (AvgIpc) is 3.05.